The first-order valence-corrected chi connectivity index (χ1v) is 5.67. The Hall–Kier alpha value is -0.952. The number of allylic oxidation sites excluding steroid dienone is 3. The van der Waals surface area contributed by atoms with Gasteiger partial charge in [-0.05, 0) is 0 Å². The van der Waals surface area contributed by atoms with Crippen molar-refractivity contribution in [3.8, 4) is 0 Å². The Morgan fingerprint density at radius 3 is 2.71 bits per heavy atom. The Kier molecular flexibility index (Phi) is 3.59. The van der Waals surface area contributed by atoms with Crippen LogP contribution in [-0.2, 0) is 19.4 Å². The molecule has 3 nitrogen and oxygen atoms in total. The van der Waals surface area contributed by atoms with E-state index in [-0.39, 0.29) is 0 Å². The van der Waals surface area contributed by atoms with Crippen LogP contribution in [0.4, 0.5) is 5.82 Å². The van der Waals surface area contributed by atoms with E-state index in [1.165, 1.54) is 19.4 Å². The van der Waals surface area contributed by atoms with E-state index < -0.39 is 0 Å². The van der Waals surface area contributed by atoms with Crippen LogP contribution in [0.25, 0.3) is 0 Å². The summed E-state index contributed by atoms with van der Waals surface area (Å²) in [5, 5.41) is 4.15. The van der Waals surface area contributed by atoms with Crippen molar-refractivity contribution in [3.05, 3.63) is 36.1 Å². The van der Waals surface area contributed by atoms with Gasteiger partial charge in [-0.2, -0.15) is 0 Å². The molecule has 0 radical (unpaired) electrons. The molecule has 0 aromatic carbocycles. The summed E-state index contributed by atoms with van der Waals surface area (Å²) in [7, 11) is 0. The molecule has 0 aliphatic carbocycles. The molecule has 14 heavy (non-hydrogen) atoms. The first-order chi connectivity index (χ1) is 6.52. The first-order valence-electron chi connectivity index (χ1n) is 4.20. The van der Waals surface area contributed by atoms with Crippen molar-refractivity contribution in [2.75, 3.05) is 5.73 Å². The third-order valence-corrected chi connectivity index (χ3v) is 3.44. The van der Waals surface area contributed by atoms with Crippen molar-refractivity contribution in [3.63, 3.8) is 0 Å². The quantitative estimate of drug-likeness (QED) is 0.832. The normalized spacial score (nSPS) is 11.4. The van der Waals surface area contributed by atoms with Crippen LogP contribution in [0.5, 0.6) is 0 Å². The maximum atomic E-state index is 5.75. The molecule has 2 N–H and O–H groups in total. The van der Waals surface area contributed by atoms with Crippen LogP contribution in [0.3, 0.4) is 0 Å². The maximum absolute atomic E-state index is 5.75. The van der Waals surface area contributed by atoms with E-state index in [4.69, 9.17) is 5.73 Å². The molecular weight excluding hydrogens is 346 g/mol. The summed E-state index contributed by atoms with van der Waals surface area (Å²) in [5.74, 6) is 0.671. The molecule has 0 fully saturated rings. The number of hydrogen-bond acceptors (Lipinski definition) is 2. The Bertz CT molecular complexity index is 401. The van der Waals surface area contributed by atoms with Crippen molar-refractivity contribution in [1.29, 1.82) is 0 Å². The van der Waals surface area contributed by atoms with E-state index in [1.54, 1.807) is 16.9 Å². The van der Waals surface area contributed by atoms with E-state index in [1.807, 2.05) is 19.9 Å². The molecule has 0 amide bonds. The number of aromatic nitrogens is 2. The summed E-state index contributed by atoms with van der Waals surface area (Å²) < 4.78 is 2.86. The number of nitrogens with two attached hydrogens (primary N) is 1. The van der Waals surface area contributed by atoms with Crippen LogP contribution in [0.2, 0.25) is 0 Å². The predicted octanol–water partition coefficient (Wildman–Crippen LogP) is 1.51. The molecule has 0 spiro atoms. The minimum absolute atomic E-state index is 0.671. The molecule has 4 heteroatoms. The Labute approximate surface area is 94.7 Å². The van der Waals surface area contributed by atoms with E-state index in [9.17, 15) is 0 Å². The second-order valence-corrected chi connectivity index (χ2v) is 4.54. The SMILES string of the molecule is C=C(C)C=C(C)[C](=[W])n1nccc1N. The standard InChI is InChI=1S/C10H13N3.W/c1-8(2)6-9(3)7-13-10(11)4-5-12-13;/h4-6H,1,11H2,2-3H3;. The number of hydrogen-bond donors (Lipinski definition) is 1. The van der Waals surface area contributed by atoms with Crippen LogP contribution < -0.4 is 5.73 Å². The van der Waals surface area contributed by atoms with Gasteiger partial charge in [0, 0.05) is 0 Å². The first kappa shape index (κ1) is 11.1. The van der Waals surface area contributed by atoms with Crippen molar-refractivity contribution < 1.29 is 19.4 Å². The topological polar surface area (TPSA) is 43.8 Å². The molecule has 1 rings (SSSR count). The van der Waals surface area contributed by atoms with Crippen LogP contribution in [0, 0.1) is 0 Å². The van der Waals surface area contributed by atoms with E-state index in [0.717, 1.165) is 15.2 Å². The van der Waals surface area contributed by atoms with Crippen molar-refractivity contribution in [2.45, 2.75) is 13.8 Å². The Morgan fingerprint density at radius 2 is 2.29 bits per heavy atom. The number of nitrogen functional groups attached to an aromatic ring is 1. The van der Waals surface area contributed by atoms with Gasteiger partial charge in [-0.25, -0.2) is 0 Å². The molecule has 0 saturated heterocycles. The Morgan fingerprint density at radius 1 is 1.64 bits per heavy atom. The summed E-state index contributed by atoms with van der Waals surface area (Å²) in [6, 6.07) is 1.79. The summed E-state index contributed by atoms with van der Waals surface area (Å²) in [6.07, 6.45) is 3.73. The molecule has 0 aliphatic rings. The number of rotatable bonds is 3. The summed E-state index contributed by atoms with van der Waals surface area (Å²) in [6.45, 7) is 7.85. The van der Waals surface area contributed by atoms with Crippen molar-refractivity contribution >= 4 is 9.84 Å². The van der Waals surface area contributed by atoms with Gasteiger partial charge in [0.15, 0.2) is 0 Å². The zero-order valence-corrected chi connectivity index (χ0v) is 11.3. The minimum atomic E-state index is 0.671. The van der Waals surface area contributed by atoms with Crippen LogP contribution in [-0.4, -0.2) is 13.8 Å². The van der Waals surface area contributed by atoms with Crippen LogP contribution in [0.1, 0.15) is 13.8 Å². The molecular formula is C10H13N3W. The third-order valence-electron chi connectivity index (χ3n) is 1.66. The molecule has 0 atom stereocenters. The fourth-order valence-electron chi connectivity index (χ4n) is 1.08. The molecule has 0 unspecified atom stereocenters. The number of anilines is 1. The summed E-state index contributed by atoms with van der Waals surface area (Å²) in [5.41, 5.74) is 7.94. The predicted molar refractivity (Wildman–Crippen MR) is 55.6 cm³/mol. The van der Waals surface area contributed by atoms with E-state index in [0.29, 0.717) is 5.82 Å². The van der Waals surface area contributed by atoms with Gasteiger partial charge in [0.25, 0.3) is 0 Å². The van der Waals surface area contributed by atoms with Gasteiger partial charge in [-0.1, -0.05) is 0 Å². The molecule has 1 aromatic rings. The molecule has 1 aromatic heterocycles. The molecule has 0 aliphatic heterocycles. The van der Waals surface area contributed by atoms with Crippen LogP contribution >= 0.6 is 0 Å². The van der Waals surface area contributed by atoms with Crippen molar-refractivity contribution in [2.24, 2.45) is 0 Å². The van der Waals surface area contributed by atoms with Gasteiger partial charge < -0.3 is 0 Å². The van der Waals surface area contributed by atoms with E-state index in [2.05, 4.69) is 11.7 Å². The van der Waals surface area contributed by atoms with Gasteiger partial charge >= 0.3 is 94.6 Å². The van der Waals surface area contributed by atoms with Gasteiger partial charge in [-0.3, -0.25) is 0 Å². The van der Waals surface area contributed by atoms with Crippen molar-refractivity contribution in [1.82, 2.24) is 9.78 Å². The third kappa shape index (κ3) is 2.52. The molecule has 1 heterocycles. The summed E-state index contributed by atoms with van der Waals surface area (Å²) >= 11 is 1.34. The summed E-state index contributed by atoms with van der Waals surface area (Å²) in [4.78, 5) is 0. The second-order valence-electron chi connectivity index (χ2n) is 3.15. The number of nitrogens with zero attached hydrogens (tertiary/aromatic N) is 2. The van der Waals surface area contributed by atoms with E-state index >= 15 is 0 Å². The second kappa shape index (κ2) is 4.51. The zero-order chi connectivity index (χ0) is 10.7. The van der Waals surface area contributed by atoms with Crippen LogP contribution in [0.15, 0.2) is 36.1 Å². The van der Waals surface area contributed by atoms with Gasteiger partial charge in [0.2, 0.25) is 0 Å². The fourth-order valence-corrected chi connectivity index (χ4v) is 1.84. The molecule has 0 bridgehead atoms. The molecule has 74 valence electrons. The molecule has 0 saturated carbocycles. The fraction of sp³-hybridized carbons (Fsp3) is 0.200. The Balaban J connectivity index is 2.97. The average molecular weight is 359 g/mol. The monoisotopic (exact) mass is 359 g/mol. The van der Waals surface area contributed by atoms with Gasteiger partial charge in [-0.15, -0.1) is 0 Å². The van der Waals surface area contributed by atoms with Gasteiger partial charge in [0.05, 0.1) is 0 Å². The van der Waals surface area contributed by atoms with Gasteiger partial charge in [0.1, 0.15) is 0 Å². The average Bonchev–Trinajstić information content (AvgIpc) is 2.48. The zero-order valence-electron chi connectivity index (χ0n) is 8.32.